The van der Waals surface area contributed by atoms with E-state index in [2.05, 4.69) is 89.5 Å². The monoisotopic (exact) mass is 388 g/mol. The molecule has 2 nitrogen and oxygen atoms in total. The van der Waals surface area contributed by atoms with E-state index in [4.69, 9.17) is 4.98 Å². The van der Waals surface area contributed by atoms with Gasteiger partial charge < -0.3 is 5.32 Å². The summed E-state index contributed by atoms with van der Waals surface area (Å²) in [5.74, 6) is 0. The third kappa shape index (κ3) is 7.00. The molecule has 1 N–H and O–H groups in total. The summed E-state index contributed by atoms with van der Waals surface area (Å²) >= 11 is 3.45. The Morgan fingerprint density at radius 2 is 1.81 bits per heavy atom. The summed E-state index contributed by atoms with van der Waals surface area (Å²) in [7, 11) is 0. The van der Waals surface area contributed by atoms with Gasteiger partial charge in [0.2, 0.25) is 0 Å². The van der Waals surface area contributed by atoms with Gasteiger partial charge in [-0.05, 0) is 50.7 Å². The number of para-hydroxylation sites is 1. The van der Waals surface area contributed by atoms with E-state index in [1.807, 2.05) is 0 Å². The van der Waals surface area contributed by atoms with Gasteiger partial charge in [-0.15, -0.1) is 11.3 Å². The van der Waals surface area contributed by atoms with Crippen molar-refractivity contribution in [2.45, 2.75) is 61.3 Å². The average molecular weight is 389 g/mol. The summed E-state index contributed by atoms with van der Waals surface area (Å²) in [6.07, 6.45) is 4.40. The number of aromatic nitrogens is 1. The van der Waals surface area contributed by atoms with Crippen LogP contribution in [0.2, 0.25) is 0 Å². The van der Waals surface area contributed by atoms with E-state index < -0.39 is 0 Å². The largest absolute Gasteiger partial charge is 0.331 e. The van der Waals surface area contributed by atoms with Crippen LogP contribution in [0.4, 0.5) is 10.8 Å². The SMILES string of the molecule is C/C=C(\C)SC(=C(C)C)c1csc(Nc2ccccc2CC)n1.CCC. The number of rotatable bonds is 6. The minimum absolute atomic E-state index is 0.943. The summed E-state index contributed by atoms with van der Waals surface area (Å²) in [4.78, 5) is 7.33. The van der Waals surface area contributed by atoms with Crippen LogP contribution in [0.15, 0.2) is 46.2 Å². The fourth-order valence-electron chi connectivity index (χ4n) is 2.13. The lowest BCUT2D eigenvalue weighted by atomic mass is 10.1. The summed E-state index contributed by atoms with van der Waals surface area (Å²) in [6, 6.07) is 8.40. The van der Waals surface area contributed by atoms with Crippen LogP contribution in [-0.4, -0.2) is 4.98 Å². The van der Waals surface area contributed by atoms with Crippen molar-refractivity contribution in [3.8, 4) is 0 Å². The highest BCUT2D eigenvalue weighted by molar-refractivity contribution is 8.11. The highest BCUT2D eigenvalue weighted by Gasteiger charge is 2.11. The molecule has 1 aromatic heterocycles. The van der Waals surface area contributed by atoms with Gasteiger partial charge in [0.25, 0.3) is 0 Å². The van der Waals surface area contributed by atoms with Crippen LogP contribution in [0.3, 0.4) is 0 Å². The minimum Gasteiger partial charge on any atom is -0.331 e. The molecule has 0 unspecified atom stereocenters. The van der Waals surface area contributed by atoms with Crippen molar-refractivity contribution in [3.63, 3.8) is 0 Å². The molecular weight excluding hydrogens is 356 g/mol. The van der Waals surface area contributed by atoms with Gasteiger partial charge in [-0.2, -0.15) is 0 Å². The fraction of sp³-hybridized carbons (Fsp3) is 0.409. The molecular formula is C22H32N2S2. The standard InChI is InChI=1S/C19H24N2S2.C3H8/c1-6-14(5)23-18(13(3)4)17-12-22-19(21-17)20-16-11-9-8-10-15(16)7-2;1-3-2/h6,8-12H,7H2,1-5H3,(H,20,21);3H2,1-2H3/b14-6+;. The van der Waals surface area contributed by atoms with Gasteiger partial charge in [0.05, 0.1) is 5.69 Å². The van der Waals surface area contributed by atoms with E-state index in [1.165, 1.54) is 27.4 Å². The molecule has 0 spiro atoms. The molecule has 0 amide bonds. The van der Waals surface area contributed by atoms with E-state index in [9.17, 15) is 0 Å². The molecule has 26 heavy (non-hydrogen) atoms. The first-order valence-electron chi connectivity index (χ1n) is 9.25. The van der Waals surface area contributed by atoms with Crippen LogP contribution in [0, 0.1) is 0 Å². The summed E-state index contributed by atoms with van der Waals surface area (Å²) in [5.41, 5.74) is 4.80. The Morgan fingerprint density at radius 3 is 2.38 bits per heavy atom. The molecule has 2 rings (SSSR count). The van der Waals surface area contributed by atoms with E-state index in [0.717, 1.165) is 22.9 Å². The van der Waals surface area contributed by atoms with E-state index in [1.54, 1.807) is 23.1 Å². The first-order valence-corrected chi connectivity index (χ1v) is 10.9. The van der Waals surface area contributed by atoms with Crippen LogP contribution >= 0.6 is 23.1 Å². The predicted molar refractivity (Wildman–Crippen MR) is 122 cm³/mol. The van der Waals surface area contributed by atoms with Crippen molar-refractivity contribution in [1.29, 1.82) is 0 Å². The third-order valence-electron chi connectivity index (χ3n) is 3.50. The number of benzene rings is 1. The first kappa shape index (κ1) is 22.5. The van der Waals surface area contributed by atoms with Crippen molar-refractivity contribution < 1.29 is 0 Å². The van der Waals surface area contributed by atoms with Gasteiger partial charge in [-0.3, -0.25) is 0 Å². The van der Waals surface area contributed by atoms with Gasteiger partial charge in [0, 0.05) is 16.0 Å². The van der Waals surface area contributed by atoms with Crippen molar-refractivity contribution >= 4 is 38.8 Å². The Morgan fingerprint density at radius 1 is 1.15 bits per heavy atom. The van der Waals surface area contributed by atoms with Crippen LogP contribution in [0.5, 0.6) is 0 Å². The van der Waals surface area contributed by atoms with Gasteiger partial charge in [-0.1, -0.05) is 68.8 Å². The van der Waals surface area contributed by atoms with Gasteiger partial charge in [-0.25, -0.2) is 4.98 Å². The Labute approximate surface area is 167 Å². The molecule has 1 heterocycles. The Bertz CT molecular complexity index is 738. The molecule has 1 aromatic carbocycles. The number of hydrogen-bond acceptors (Lipinski definition) is 4. The van der Waals surface area contributed by atoms with Gasteiger partial charge in [0.1, 0.15) is 0 Å². The third-order valence-corrected chi connectivity index (χ3v) is 5.64. The quantitative estimate of drug-likeness (QED) is 0.539. The molecule has 0 bridgehead atoms. The zero-order chi connectivity index (χ0) is 19.5. The molecule has 2 aromatic rings. The molecule has 0 saturated carbocycles. The number of hydrogen-bond donors (Lipinski definition) is 1. The fourth-order valence-corrected chi connectivity index (χ4v) is 3.77. The van der Waals surface area contributed by atoms with Crippen LogP contribution in [0.1, 0.15) is 66.1 Å². The molecule has 0 atom stereocenters. The van der Waals surface area contributed by atoms with Crippen LogP contribution in [-0.2, 0) is 6.42 Å². The molecule has 0 aliphatic carbocycles. The van der Waals surface area contributed by atoms with Gasteiger partial charge >= 0.3 is 0 Å². The number of allylic oxidation sites excluding steroid dienone is 3. The lowest BCUT2D eigenvalue weighted by molar-refractivity contribution is 1.09. The van der Waals surface area contributed by atoms with Crippen molar-refractivity contribution in [3.05, 3.63) is 57.5 Å². The van der Waals surface area contributed by atoms with E-state index in [0.29, 0.717) is 0 Å². The molecule has 0 aliphatic rings. The molecule has 0 saturated heterocycles. The number of aryl methyl sites for hydroxylation is 1. The second-order valence-corrected chi connectivity index (χ2v) is 8.33. The maximum absolute atomic E-state index is 4.79. The number of anilines is 2. The number of nitrogens with one attached hydrogen (secondary N) is 1. The lowest BCUT2D eigenvalue weighted by Gasteiger charge is -2.09. The van der Waals surface area contributed by atoms with Crippen LogP contribution in [0.25, 0.3) is 4.91 Å². The zero-order valence-electron chi connectivity index (χ0n) is 17.1. The summed E-state index contributed by atoms with van der Waals surface area (Å²) in [6.45, 7) is 14.9. The average Bonchev–Trinajstić information content (AvgIpc) is 3.08. The van der Waals surface area contributed by atoms with Gasteiger partial charge in [0.15, 0.2) is 5.13 Å². The highest BCUT2D eigenvalue weighted by Crippen LogP contribution is 2.37. The van der Waals surface area contributed by atoms with E-state index in [-0.39, 0.29) is 0 Å². The molecule has 4 heteroatoms. The second kappa shape index (κ2) is 12.0. The first-order chi connectivity index (χ1) is 12.5. The Kier molecular flexibility index (Phi) is 10.4. The summed E-state index contributed by atoms with van der Waals surface area (Å²) < 4.78 is 0. The molecule has 0 fully saturated rings. The van der Waals surface area contributed by atoms with Crippen molar-refractivity contribution in [2.24, 2.45) is 0 Å². The normalized spacial score (nSPS) is 10.8. The molecule has 0 aliphatic heterocycles. The maximum Gasteiger partial charge on any atom is 0.187 e. The highest BCUT2D eigenvalue weighted by atomic mass is 32.2. The van der Waals surface area contributed by atoms with Crippen molar-refractivity contribution in [1.82, 2.24) is 4.98 Å². The summed E-state index contributed by atoms with van der Waals surface area (Å²) in [5, 5.41) is 6.54. The molecule has 0 radical (unpaired) electrons. The predicted octanol–water partition coefficient (Wildman–Crippen LogP) is 8.27. The smallest absolute Gasteiger partial charge is 0.187 e. The molecule has 142 valence electrons. The zero-order valence-corrected chi connectivity index (χ0v) is 18.8. The van der Waals surface area contributed by atoms with Crippen molar-refractivity contribution in [2.75, 3.05) is 5.32 Å². The Balaban J connectivity index is 0.00000105. The van der Waals surface area contributed by atoms with Crippen LogP contribution < -0.4 is 5.32 Å². The minimum atomic E-state index is 0.943. The number of nitrogens with zero attached hydrogens (tertiary/aromatic N) is 1. The topological polar surface area (TPSA) is 24.9 Å². The number of thioether (sulfide) groups is 1. The lowest BCUT2D eigenvalue weighted by Crippen LogP contribution is -1.95. The number of thiazole rings is 1. The Hall–Kier alpha value is -1.52. The maximum atomic E-state index is 4.79. The second-order valence-electron chi connectivity index (χ2n) is 6.21. The van der Waals surface area contributed by atoms with E-state index >= 15 is 0 Å².